The monoisotopic (exact) mass is 188 g/mol. The normalized spacial score (nSPS) is 9.09. The fraction of sp³-hybridized carbons (Fsp3) is 0.333. The Kier molecular flexibility index (Phi) is 4.07. The largest absolute Gasteiger partial charge is 0.147 e. The molecule has 0 amide bonds. The molecule has 0 spiro atoms. The highest BCUT2D eigenvalue weighted by atomic mass is 35.5. The van der Waals surface area contributed by atoms with Gasteiger partial charge in [-0.25, -0.2) is 0 Å². The van der Waals surface area contributed by atoms with Crippen molar-refractivity contribution in [3.63, 3.8) is 0 Å². The van der Waals surface area contributed by atoms with Gasteiger partial charge in [-0.2, -0.15) is 0 Å². The van der Waals surface area contributed by atoms with Crippen LogP contribution in [-0.4, -0.2) is 0 Å². The van der Waals surface area contributed by atoms with E-state index < -0.39 is 0 Å². The van der Waals surface area contributed by atoms with Crippen LogP contribution in [-0.2, 0) is 0 Å². The first kappa shape index (κ1) is 10.9. The number of hydrogen-bond donors (Lipinski definition) is 0. The molecule has 0 heterocycles. The number of halogens is 1. The number of benzene rings is 1. The van der Waals surface area contributed by atoms with Crippen LogP contribution in [0.25, 0.3) is 0 Å². The van der Waals surface area contributed by atoms with E-state index in [1.807, 2.05) is 0 Å². The van der Waals surface area contributed by atoms with Gasteiger partial charge in [-0.05, 0) is 42.8 Å². The van der Waals surface area contributed by atoms with Crippen molar-refractivity contribution in [1.82, 2.24) is 0 Å². The lowest BCUT2D eigenvalue weighted by molar-refractivity contribution is 1.29. The van der Waals surface area contributed by atoms with Crippen LogP contribution in [0.15, 0.2) is 12.1 Å². The van der Waals surface area contributed by atoms with Crippen molar-refractivity contribution in [3.05, 3.63) is 28.8 Å². The maximum absolute atomic E-state index is 2.74. The first-order valence-electron chi connectivity index (χ1n) is 3.45. The number of aryl methyl sites for hydroxylation is 1. The second-order valence-electron chi connectivity index (χ2n) is 2.72. The zero-order chi connectivity index (χ0) is 7.72. The minimum atomic E-state index is 0. The molecule has 1 aromatic carbocycles. The van der Waals surface area contributed by atoms with Crippen LogP contribution in [0, 0.1) is 20.8 Å². The lowest BCUT2D eigenvalue weighted by atomic mass is 10.1. The highest BCUT2D eigenvalue weighted by Crippen LogP contribution is 2.10. The van der Waals surface area contributed by atoms with Crippen LogP contribution >= 0.6 is 21.6 Å². The molecule has 0 radical (unpaired) electrons. The van der Waals surface area contributed by atoms with Gasteiger partial charge in [-0.15, -0.1) is 21.6 Å². The Hall–Kier alpha value is -0.0600. The molecule has 0 saturated heterocycles. The first-order chi connectivity index (χ1) is 4.63. The van der Waals surface area contributed by atoms with Crippen molar-refractivity contribution in [1.29, 1.82) is 0 Å². The van der Waals surface area contributed by atoms with Crippen molar-refractivity contribution in [2.75, 3.05) is 0 Å². The molecule has 1 unspecified atom stereocenters. The zero-order valence-corrected chi connectivity index (χ0v) is 9.11. The minimum absolute atomic E-state index is 0. The van der Waals surface area contributed by atoms with Gasteiger partial charge in [0, 0.05) is 0 Å². The third-order valence-electron chi connectivity index (χ3n) is 2.10. The summed E-state index contributed by atoms with van der Waals surface area (Å²) in [7, 11) is 2.74. The summed E-state index contributed by atoms with van der Waals surface area (Å²) < 4.78 is 0. The summed E-state index contributed by atoms with van der Waals surface area (Å²) in [5.74, 6) is 0. The van der Waals surface area contributed by atoms with E-state index in [0.717, 1.165) is 0 Å². The quantitative estimate of drug-likeness (QED) is 0.549. The topological polar surface area (TPSA) is 0 Å². The predicted molar refractivity (Wildman–Crippen MR) is 57.2 cm³/mol. The van der Waals surface area contributed by atoms with Gasteiger partial charge in [0.05, 0.1) is 0 Å². The summed E-state index contributed by atoms with van der Waals surface area (Å²) in [4.78, 5) is 0. The highest BCUT2D eigenvalue weighted by molar-refractivity contribution is 7.27. The van der Waals surface area contributed by atoms with E-state index in [0.29, 0.717) is 0 Å². The van der Waals surface area contributed by atoms with Crippen LogP contribution in [0.4, 0.5) is 0 Å². The van der Waals surface area contributed by atoms with Crippen LogP contribution in [0.2, 0.25) is 0 Å². The molecule has 0 aromatic heterocycles. The van der Waals surface area contributed by atoms with E-state index in [-0.39, 0.29) is 12.4 Å². The van der Waals surface area contributed by atoms with E-state index in [1.54, 1.807) is 0 Å². The maximum atomic E-state index is 2.74. The third-order valence-corrected chi connectivity index (χ3v) is 2.73. The third kappa shape index (κ3) is 2.18. The van der Waals surface area contributed by atoms with E-state index in [2.05, 4.69) is 42.1 Å². The van der Waals surface area contributed by atoms with Crippen molar-refractivity contribution in [3.8, 4) is 0 Å². The van der Waals surface area contributed by atoms with Gasteiger partial charge >= 0.3 is 0 Å². The van der Waals surface area contributed by atoms with Crippen molar-refractivity contribution in [2.45, 2.75) is 20.8 Å². The molecule has 0 bridgehead atoms. The summed E-state index contributed by atoms with van der Waals surface area (Å²) in [6.07, 6.45) is 0. The second-order valence-corrected chi connectivity index (χ2v) is 3.34. The fourth-order valence-corrected chi connectivity index (χ4v) is 1.29. The van der Waals surface area contributed by atoms with E-state index in [1.165, 1.54) is 22.0 Å². The molecule has 1 atom stereocenters. The Labute approximate surface area is 77.0 Å². The number of rotatable bonds is 0. The molecule has 0 saturated carbocycles. The summed E-state index contributed by atoms with van der Waals surface area (Å²) in [6, 6.07) is 4.30. The Morgan fingerprint density at radius 2 is 1.55 bits per heavy atom. The average Bonchev–Trinajstić information content (AvgIpc) is 1.93. The number of hydrogen-bond acceptors (Lipinski definition) is 0. The Balaban J connectivity index is 0.000001000. The molecule has 0 fully saturated rings. The lowest BCUT2D eigenvalue weighted by Crippen LogP contribution is -2.00. The molecular weight excluding hydrogens is 175 g/mol. The molecule has 0 aliphatic heterocycles. The molecule has 2 heteroatoms. The summed E-state index contributed by atoms with van der Waals surface area (Å²) in [5.41, 5.74) is 4.18. The molecule has 0 N–H and O–H groups in total. The predicted octanol–water partition coefficient (Wildman–Crippen LogP) is 2.53. The smallest absolute Gasteiger partial charge is 0.0271 e. The second kappa shape index (κ2) is 4.09. The highest BCUT2D eigenvalue weighted by Gasteiger charge is 1.97. The zero-order valence-electron chi connectivity index (χ0n) is 7.14. The Morgan fingerprint density at radius 3 is 2.00 bits per heavy atom. The first-order valence-corrected chi connectivity index (χ1v) is 4.03. The molecule has 1 rings (SSSR count). The standard InChI is InChI=1S/C9H13P.ClH/c1-6-4-5-9(10)8(3)7(6)2;/h4-5H,10H2,1-3H3;1H. The van der Waals surface area contributed by atoms with Crippen LogP contribution in [0.5, 0.6) is 0 Å². The van der Waals surface area contributed by atoms with E-state index >= 15 is 0 Å². The van der Waals surface area contributed by atoms with Crippen molar-refractivity contribution in [2.24, 2.45) is 0 Å². The SMILES string of the molecule is Cc1ccc(P)c(C)c1C.Cl. The van der Waals surface area contributed by atoms with Gasteiger partial charge in [-0.3, -0.25) is 0 Å². The molecule has 62 valence electrons. The summed E-state index contributed by atoms with van der Waals surface area (Å²) in [6.45, 7) is 6.47. The molecular formula is C9H14ClP. The van der Waals surface area contributed by atoms with Gasteiger partial charge in [-0.1, -0.05) is 12.1 Å². The molecule has 1 aromatic rings. The molecule has 11 heavy (non-hydrogen) atoms. The minimum Gasteiger partial charge on any atom is -0.147 e. The van der Waals surface area contributed by atoms with Crippen LogP contribution < -0.4 is 5.30 Å². The molecule has 0 aliphatic rings. The van der Waals surface area contributed by atoms with E-state index in [9.17, 15) is 0 Å². The summed E-state index contributed by atoms with van der Waals surface area (Å²) in [5, 5.41) is 1.31. The van der Waals surface area contributed by atoms with Crippen LogP contribution in [0.1, 0.15) is 16.7 Å². The lowest BCUT2D eigenvalue weighted by Gasteiger charge is -2.05. The van der Waals surface area contributed by atoms with Gasteiger partial charge in [0.2, 0.25) is 0 Å². The average molecular weight is 189 g/mol. The van der Waals surface area contributed by atoms with Crippen molar-refractivity contribution < 1.29 is 0 Å². The summed E-state index contributed by atoms with van der Waals surface area (Å²) >= 11 is 0. The maximum Gasteiger partial charge on any atom is -0.0271 e. The molecule has 0 aliphatic carbocycles. The van der Waals surface area contributed by atoms with Crippen molar-refractivity contribution >= 4 is 27.0 Å². The van der Waals surface area contributed by atoms with Crippen LogP contribution in [0.3, 0.4) is 0 Å². The van der Waals surface area contributed by atoms with E-state index in [4.69, 9.17) is 0 Å². The molecule has 0 nitrogen and oxygen atoms in total. The fourth-order valence-electron chi connectivity index (χ4n) is 0.977. The van der Waals surface area contributed by atoms with Gasteiger partial charge in [0.15, 0.2) is 0 Å². The van der Waals surface area contributed by atoms with Gasteiger partial charge in [0.1, 0.15) is 0 Å². The Bertz CT molecular complexity index is 229. The van der Waals surface area contributed by atoms with Gasteiger partial charge < -0.3 is 0 Å². The Morgan fingerprint density at radius 1 is 1.00 bits per heavy atom. The van der Waals surface area contributed by atoms with Gasteiger partial charge in [0.25, 0.3) is 0 Å².